The summed E-state index contributed by atoms with van der Waals surface area (Å²) in [4.78, 5) is 10.5. The molecule has 0 saturated heterocycles. The van der Waals surface area contributed by atoms with Crippen molar-refractivity contribution in [2.75, 3.05) is 0 Å². The van der Waals surface area contributed by atoms with Crippen LogP contribution in [0.5, 0.6) is 5.75 Å². The monoisotopic (exact) mass is 266 g/mol. The lowest BCUT2D eigenvalue weighted by Gasteiger charge is -2.32. The molecule has 1 aliphatic heterocycles. The number of fused-ring (bicyclic) bond motifs is 3. The number of rotatable bonds is 1. The van der Waals surface area contributed by atoms with Crippen molar-refractivity contribution < 1.29 is 9.66 Å². The zero-order valence-corrected chi connectivity index (χ0v) is 10.7. The second-order valence-electron chi connectivity index (χ2n) is 4.73. The van der Waals surface area contributed by atoms with Crippen LogP contribution in [0.2, 0.25) is 0 Å². The normalized spacial score (nSPS) is 19.2. The fourth-order valence-electron chi connectivity index (χ4n) is 2.42. The molecule has 0 aromatic heterocycles. The Kier molecular flexibility index (Phi) is 2.48. The summed E-state index contributed by atoms with van der Waals surface area (Å²) in [5.41, 5.74) is 1.07. The molecule has 1 atom stereocenters. The maximum absolute atomic E-state index is 10.9. The number of nitriles is 1. The minimum Gasteiger partial charge on any atom is -0.468 e. The average Bonchev–Trinajstić information content (AvgIpc) is 2.47. The van der Waals surface area contributed by atoms with Gasteiger partial charge in [-0.05, 0) is 18.6 Å². The van der Waals surface area contributed by atoms with Crippen LogP contribution >= 0.6 is 0 Å². The number of benzene rings is 2. The van der Waals surface area contributed by atoms with Gasteiger partial charge in [0.1, 0.15) is 11.8 Å². The summed E-state index contributed by atoms with van der Waals surface area (Å²) in [7, 11) is 0. The van der Waals surface area contributed by atoms with Gasteiger partial charge in [-0.1, -0.05) is 24.3 Å². The van der Waals surface area contributed by atoms with E-state index in [4.69, 9.17) is 4.74 Å². The van der Waals surface area contributed by atoms with E-state index in [0.717, 1.165) is 11.1 Å². The molecule has 98 valence electrons. The molecule has 0 fully saturated rings. The Balaban J connectivity index is 2.30. The molecule has 0 amide bonds. The van der Waals surface area contributed by atoms with Gasteiger partial charge in [0.15, 0.2) is 0 Å². The first kappa shape index (κ1) is 12.2. The van der Waals surface area contributed by atoms with E-state index in [-0.39, 0.29) is 5.69 Å². The van der Waals surface area contributed by atoms with Crippen LogP contribution in [0.15, 0.2) is 42.5 Å². The molecule has 0 saturated carbocycles. The molecule has 3 rings (SSSR count). The van der Waals surface area contributed by atoms with Crippen LogP contribution in [-0.2, 0) is 5.60 Å². The minimum absolute atomic E-state index is 0.00251. The summed E-state index contributed by atoms with van der Waals surface area (Å²) in [5, 5.41) is 20.3. The molecule has 0 N–H and O–H groups in total. The first-order valence-electron chi connectivity index (χ1n) is 6.04. The Morgan fingerprint density at radius 3 is 2.70 bits per heavy atom. The first-order valence-corrected chi connectivity index (χ1v) is 6.04. The third-order valence-corrected chi connectivity index (χ3v) is 3.43. The predicted octanol–water partition coefficient (Wildman–Crippen LogP) is 3.39. The van der Waals surface area contributed by atoms with Crippen molar-refractivity contribution in [3.05, 3.63) is 58.1 Å². The second kappa shape index (κ2) is 4.07. The van der Waals surface area contributed by atoms with Crippen LogP contribution in [0.1, 0.15) is 12.5 Å². The van der Waals surface area contributed by atoms with Crippen LogP contribution in [0.3, 0.4) is 0 Å². The fourth-order valence-corrected chi connectivity index (χ4v) is 2.42. The summed E-state index contributed by atoms with van der Waals surface area (Å²) in [6, 6.07) is 13.9. The third kappa shape index (κ3) is 1.62. The Morgan fingerprint density at radius 1 is 1.25 bits per heavy atom. The number of hydrogen-bond acceptors (Lipinski definition) is 4. The quantitative estimate of drug-likeness (QED) is 0.585. The van der Waals surface area contributed by atoms with E-state index in [1.54, 1.807) is 19.1 Å². The van der Waals surface area contributed by atoms with Crippen molar-refractivity contribution in [3.63, 3.8) is 0 Å². The maximum atomic E-state index is 10.9. The zero-order valence-electron chi connectivity index (χ0n) is 10.7. The molecule has 5 nitrogen and oxygen atoms in total. The average molecular weight is 266 g/mol. The van der Waals surface area contributed by atoms with E-state index < -0.39 is 10.5 Å². The van der Waals surface area contributed by atoms with Gasteiger partial charge in [-0.2, -0.15) is 5.26 Å². The molecular weight excluding hydrogens is 256 g/mol. The second-order valence-corrected chi connectivity index (χ2v) is 4.73. The molecule has 1 unspecified atom stereocenters. The predicted molar refractivity (Wildman–Crippen MR) is 72.1 cm³/mol. The summed E-state index contributed by atoms with van der Waals surface area (Å²) in [6.07, 6.45) is 0. The van der Waals surface area contributed by atoms with Gasteiger partial charge in [0.05, 0.1) is 4.92 Å². The van der Waals surface area contributed by atoms with Crippen LogP contribution in [0, 0.1) is 21.4 Å². The first-order chi connectivity index (χ1) is 9.55. The van der Waals surface area contributed by atoms with Gasteiger partial charge in [0, 0.05) is 23.3 Å². The molecule has 0 spiro atoms. The number of non-ortho nitro benzene ring substituents is 1. The summed E-state index contributed by atoms with van der Waals surface area (Å²) >= 11 is 0. The molecule has 5 heteroatoms. The van der Waals surface area contributed by atoms with Crippen molar-refractivity contribution in [1.82, 2.24) is 0 Å². The summed E-state index contributed by atoms with van der Waals surface area (Å²) in [6.45, 7) is 1.69. The van der Waals surface area contributed by atoms with Gasteiger partial charge in [-0.3, -0.25) is 10.1 Å². The molecule has 1 aliphatic rings. The summed E-state index contributed by atoms with van der Waals surface area (Å²) < 4.78 is 5.75. The van der Waals surface area contributed by atoms with Gasteiger partial charge in [-0.15, -0.1) is 0 Å². The highest BCUT2D eigenvalue weighted by atomic mass is 16.6. The number of hydrogen-bond donors (Lipinski definition) is 0. The SMILES string of the molecule is CC1(C#N)Oc2ccc([N+](=O)[O-])cc2-c2ccccc21. The van der Waals surface area contributed by atoms with Crippen LogP contribution in [0.4, 0.5) is 5.69 Å². The van der Waals surface area contributed by atoms with Crippen LogP contribution in [-0.4, -0.2) is 4.92 Å². The Hall–Kier alpha value is -2.87. The van der Waals surface area contributed by atoms with Crippen molar-refractivity contribution in [1.29, 1.82) is 5.26 Å². The van der Waals surface area contributed by atoms with E-state index in [2.05, 4.69) is 6.07 Å². The Bertz CT molecular complexity index is 764. The molecule has 2 aromatic carbocycles. The third-order valence-electron chi connectivity index (χ3n) is 3.43. The van der Waals surface area contributed by atoms with E-state index in [0.29, 0.717) is 11.3 Å². The van der Waals surface area contributed by atoms with Crippen molar-refractivity contribution in [3.8, 4) is 22.9 Å². The zero-order chi connectivity index (χ0) is 14.3. The molecule has 1 heterocycles. The van der Waals surface area contributed by atoms with Gasteiger partial charge in [0.2, 0.25) is 5.60 Å². The van der Waals surface area contributed by atoms with E-state index in [9.17, 15) is 15.4 Å². The molecule has 0 radical (unpaired) electrons. The van der Waals surface area contributed by atoms with Crippen LogP contribution < -0.4 is 4.74 Å². The van der Waals surface area contributed by atoms with Crippen molar-refractivity contribution in [2.24, 2.45) is 0 Å². The lowest BCUT2D eigenvalue weighted by Crippen LogP contribution is -2.31. The lowest BCUT2D eigenvalue weighted by molar-refractivity contribution is -0.384. The highest BCUT2D eigenvalue weighted by Gasteiger charge is 2.37. The van der Waals surface area contributed by atoms with E-state index in [1.807, 2.05) is 18.2 Å². The van der Waals surface area contributed by atoms with Crippen molar-refractivity contribution in [2.45, 2.75) is 12.5 Å². The maximum Gasteiger partial charge on any atom is 0.270 e. The highest BCUT2D eigenvalue weighted by Crippen LogP contribution is 2.45. The molecule has 0 bridgehead atoms. The fraction of sp³-hybridized carbons (Fsp3) is 0.133. The number of nitro benzene ring substituents is 1. The minimum atomic E-state index is -1.08. The molecule has 20 heavy (non-hydrogen) atoms. The number of nitro groups is 1. The molecule has 2 aromatic rings. The van der Waals surface area contributed by atoms with Gasteiger partial charge in [-0.25, -0.2) is 0 Å². The number of ether oxygens (including phenoxy) is 1. The van der Waals surface area contributed by atoms with E-state index >= 15 is 0 Å². The lowest BCUT2D eigenvalue weighted by atomic mass is 9.86. The largest absolute Gasteiger partial charge is 0.468 e. The molecule has 0 aliphatic carbocycles. The smallest absolute Gasteiger partial charge is 0.270 e. The van der Waals surface area contributed by atoms with Gasteiger partial charge < -0.3 is 4.74 Å². The van der Waals surface area contributed by atoms with Gasteiger partial charge in [0.25, 0.3) is 5.69 Å². The van der Waals surface area contributed by atoms with E-state index in [1.165, 1.54) is 12.1 Å². The summed E-state index contributed by atoms with van der Waals surface area (Å²) in [5.74, 6) is 0.485. The number of nitrogens with zero attached hydrogens (tertiary/aromatic N) is 2. The standard InChI is InChI=1S/C15H10N2O3/c1-15(9-16)13-5-3-2-4-11(13)12-8-10(17(18)19)6-7-14(12)20-15/h2-8H,1H3. The Morgan fingerprint density at radius 2 is 2.00 bits per heavy atom. The topological polar surface area (TPSA) is 76.2 Å². The van der Waals surface area contributed by atoms with Crippen molar-refractivity contribution >= 4 is 5.69 Å². The van der Waals surface area contributed by atoms with Gasteiger partial charge >= 0.3 is 0 Å². The molecular formula is C15H10N2O3. The Labute approximate surface area is 115 Å². The highest BCUT2D eigenvalue weighted by molar-refractivity contribution is 5.79. The van der Waals surface area contributed by atoms with Crippen LogP contribution in [0.25, 0.3) is 11.1 Å².